The number of hydroxylamine groups is 1. The lowest BCUT2D eigenvalue weighted by Gasteiger charge is -2.23. The van der Waals surface area contributed by atoms with E-state index in [4.69, 9.17) is 19.8 Å². The fourth-order valence-corrected chi connectivity index (χ4v) is 2.76. The maximum Gasteiger partial charge on any atom is 0.412 e. The number of amides is 2. The largest absolute Gasteiger partial charge is 0.491 e. The van der Waals surface area contributed by atoms with E-state index < -0.39 is 35.7 Å². The van der Waals surface area contributed by atoms with E-state index in [-0.39, 0.29) is 18.9 Å². The Morgan fingerprint density at radius 1 is 1.12 bits per heavy atom. The van der Waals surface area contributed by atoms with Crippen LogP contribution in [0.3, 0.4) is 0 Å². The molecule has 0 saturated heterocycles. The van der Waals surface area contributed by atoms with Gasteiger partial charge in [-0.05, 0) is 29.8 Å². The minimum atomic E-state index is -0.957. The molecule has 2 aromatic rings. The monoisotopic (exact) mass is 462 g/mol. The third-order valence-electron chi connectivity index (χ3n) is 4.33. The number of anilines is 1. The van der Waals surface area contributed by atoms with Gasteiger partial charge < -0.3 is 14.6 Å². The van der Waals surface area contributed by atoms with Crippen molar-refractivity contribution in [1.82, 2.24) is 5.48 Å². The summed E-state index contributed by atoms with van der Waals surface area (Å²) in [6.07, 6.45) is 3.90. The molecule has 176 valence electrons. The highest BCUT2D eigenvalue weighted by Gasteiger charge is 2.23. The van der Waals surface area contributed by atoms with Gasteiger partial charge in [-0.2, -0.15) is 0 Å². The predicted octanol–water partition coefficient (Wildman–Crippen LogP) is 3.88. The molecule has 0 saturated carbocycles. The topological polar surface area (TPSA) is 117 Å². The summed E-state index contributed by atoms with van der Waals surface area (Å²) in [5.41, 5.74) is 1.81. The van der Waals surface area contributed by atoms with Gasteiger partial charge in [0.1, 0.15) is 30.1 Å². The van der Waals surface area contributed by atoms with Gasteiger partial charge in [-0.15, -0.1) is 0 Å². The first-order valence-electron chi connectivity index (χ1n) is 9.89. The summed E-state index contributed by atoms with van der Waals surface area (Å²) in [5, 5.41) is 19.6. The lowest BCUT2D eigenvalue weighted by Crippen LogP contribution is -2.21. The van der Waals surface area contributed by atoms with Gasteiger partial charge in [-0.3, -0.25) is 15.3 Å². The van der Waals surface area contributed by atoms with E-state index in [9.17, 15) is 18.4 Å². The van der Waals surface area contributed by atoms with E-state index in [1.54, 1.807) is 37.3 Å². The van der Waals surface area contributed by atoms with Crippen LogP contribution in [0.5, 0.6) is 5.75 Å². The summed E-state index contributed by atoms with van der Waals surface area (Å²) in [5.74, 6) is -2.34. The van der Waals surface area contributed by atoms with E-state index >= 15 is 0 Å². The van der Waals surface area contributed by atoms with Crippen LogP contribution in [0.2, 0.25) is 0 Å². The van der Waals surface area contributed by atoms with Crippen LogP contribution in [0, 0.1) is 17.6 Å². The molecule has 0 fully saturated rings. The first-order valence-corrected chi connectivity index (χ1v) is 9.89. The first kappa shape index (κ1) is 25.5. The third-order valence-corrected chi connectivity index (χ3v) is 4.33. The van der Waals surface area contributed by atoms with Crippen LogP contribution < -0.4 is 15.5 Å². The number of halogens is 2. The van der Waals surface area contributed by atoms with E-state index in [1.807, 2.05) is 0 Å². The van der Waals surface area contributed by atoms with Crippen LogP contribution in [-0.4, -0.2) is 35.5 Å². The highest BCUT2D eigenvalue weighted by atomic mass is 19.1. The molecule has 0 unspecified atom stereocenters. The van der Waals surface area contributed by atoms with Crippen LogP contribution in [0.1, 0.15) is 18.6 Å². The number of allylic oxidation sites excluding steroid dienone is 2. The number of rotatable bonds is 10. The SMILES string of the molecule is C[C@H](/C=C/C=C/C(=O)NO)[C@H](OC(=O)Nc1ccc(F)cc1F)c1ccc(OCCO)cc1. The van der Waals surface area contributed by atoms with E-state index in [0.29, 0.717) is 17.4 Å². The molecule has 4 N–H and O–H groups in total. The fourth-order valence-electron chi connectivity index (χ4n) is 2.76. The lowest BCUT2D eigenvalue weighted by molar-refractivity contribution is -0.124. The molecule has 0 aromatic heterocycles. The molecule has 0 aliphatic carbocycles. The van der Waals surface area contributed by atoms with Crippen molar-refractivity contribution < 1.29 is 38.2 Å². The standard InChI is InChI=1S/C23H24F2N2O6/c1-15(4-2-3-5-21(29)27-31)22(16-6-9-18(10-7-16)32-13-12-28)33-23(30)26-20-11-8-17(24)14-19(20)25/h2-11,14-15,22,28,31H,12-13H2,1H3,(H,26,30)(H,27,29)/b4-2+,5-3+/t15-,22+/m1/s1. The van der Waals surface area contributed by atoms with Crippen molar-refractivity contribution in [3.05, 3.63) is 84.0 Å². The van der Waals surface area contributed by atoms with Gasteiger partial charge in [0.25, 0.3) is 5.91 Å². The number of aliphatic hydroxyl groups excluding tert-OH is 1. The van der Waals surface area contributed by atoms with Gasteiger partial charge in [-0.25, -0.2) is 19.1 Å². The molecular weight excluding hydrogens is 438 g/mol. The average molecular weight is 462 g/mol. The molecule has 33 heavy (non-hydrogen) atoms. The number of benzene rings is 2. The molecule has 0 heterocycles. The zero-order chi connectivity index (χ0) is 24.2. The Bertz CT molecular complexity index is 995. The van der Waals surface area contributed by atoms with Gasteiger partial charge in [0.15, 0.2) is 0 Å². The average Bonchev–Trinajstić information content (AvgIpc) is 2.80. The smallest absolute Gasteiger partial charge is 0.412 e. The number of carbonyl (C=O) groups is 2. The lowest BCUT2D eigenvalue weighted by atomic mass is 9.96. The van der Waals surface area contributed by atoms with Crippen LogP contribution in [0.4, 0.5) is 19.3 Å². The van der Waals surface area contributed by atoms with Crippen LogP contribution in [-0.2, 0) is 9.53 Å². The molecule has 2 aromatic carbocycles. The summed E-state index contributed by atoms with van der Waals surface area (Å²) in [7, 11) is 0. The molecule has 0 aliphatic heterocycles. The number of ether oxygens (including phenoxy) is 2. The Morgan fingerprint density at radius 3 is 2.48 bits per heavy atom. The van der Waals surface area contributed by atoms with E-state index in [1.165, 1.54) is 17.6 Å². The summed E-state index contributed by atoms with van der Waals surface area (Å²) < 4.78 is 37.8. The van der Waals surface area contributed by atoms with Crippen molar-refractivity contribution in [2.45, 2.75) is 13.0 Å². The second-order valence-electron chi connectivity index (χ2n) is 6.80. The molecule has 2 atom stereocenters. The van der Waals surface area contributed by atoms with Crippen LogP contribution in [0.15, 0.2) is 66.8 Å². The van der Waals surface area contributed by atoms with Gasteiger partial charge >= 0.3 is 6.09 Å². The quantitative estimate of drug-likeness (QED) is 0.184. The number of hydrogen-bond acceptors (Lipinski definition) is 6. The number of aliphatic hydroxyl groups is 1. The number of carbonyl (C=O) groups excluding carboxylic acids is 2. The maximum atomic E-state index is 13.9. The molecule has 2 rings (SSSR count). The summed E-state index contributed by atoms with van der Waals surface area (Å²) >= 11 is 0. The molecule has 0 aliphatic rings. The Labute approximate surface area is 189 Å². The van der Waals surface area contributed by atoms with Crippen molar-refractivity contribution >= 4 is 17.7 Å². The molecule has 10 heteroatoms. The van der Waals surface area contributed by atoms with Gasteiger partial charge in [0.05, 0.1) is 12.3 Å². The summed E-state index contributed by atoms with van der Waals surface area (Å²) in [4.78, 5) is 23.5. The Morgan fingerprint density at radius 2 is 1.85 bits per heavy atom. The Balaban J connectivity index is 2.19. The maximum absolute atomic E-state index is 13.9. The van der Waals surface area contributed by atoms with Crippen molar-refractivity contribution in [2.24, 2.45) is 5.92 Å². The normalized spacial score (nSPS) is 13.0. The molecule has 0 spiro atoms. The van der Waals surface area contributed by atoms with Crippen molar-refractivity contribution in [1.29, 1.82) is 0 Å². The minimum Gasteiger partial charge on any atom is -0.491 e. The van der Waals surface area contributed by atoms with Crippen molar-refractivity contribution in [3.63, 3.8) is 0 Å². The molecular formula is C23H24F2N2O6. The van der Waals surface area contributed by atoms with Gasteiger partial charge in [0.2, 0.25) is 0 Å². The van der Waals surface area contributed by atoms with Gasteiger partial charge in [-0.1, -0.05) is 37.3 Å². The number of hydrogen-bond donors (Lipinski definition) is 4. The van der Waals surface area contributed by atoms with Crippen LogP contribution >= 0.6 is 0 Å². The van der Waals surface area contributed by atoms with Crippen molar-refractivity contribution in [2.75, 3.05) is 18.5 Å². The fraction of sp³-hybridized carbons (Fsp3) is 0.217. The second-order valence-corrected chi connectivity index (χ2v) is 6.80. The van der Waals surface area contributed by atoms with Gasteiger partial charge in [0, 0.05) is 18.1 Å². The van der Waals surface area contributed by atoms with Crippen molar-refractivity contribution in [3.8, 4) is 5.75 Å². The first-order chi connectivity index (χ1) is 15.8. The molecule has 0 radical (unpaired) electrons. The third kappa shape index (κ3) is 8.36. The molecule has 8 nitrogen and oxygen atoms in total. The highest BCUT2D eigenvalue weighted by Crippen LogP contribution is 2.29. The Hall–Kier alpha value is -3.76. The molecule has 0 bridgehead atoms. The highest BCUT2D eigenvalue weighted by molar-refractivity contribution is 5.86. The zero-order valence-corrected chi connectivity index (χ0v) is 17.7. The minimum absolute atomic E-state index is 0.123. The Kier molecular flexibility index (Phi) is 10.00. The van der Waals surface area contributed by atoms with E-state index in [0.717, 1.165) is 18.2 Å². The predicted molar refractivity (Wildman–Crippen MR) is 116 cm³/mol. The van der Waals surface area contributed by atoms with E-state index in [2.05, 4.69) is 5.32 Å². The molecule has 2 amide bonds. The zero-order valence-electron chi connectivity index (χ0n) is 17.7. The van der Waals surface area contributed by atoms with Crippen LogP contribution in [0.25, 0.3) is 0 Å². The summed E-state index contributed by atoms with van der Waals surface area (Å²) in [6.45, 7) is 1.73. The number of nitrogens with one attached hydrogen (secondary N) is 2. The second kappa shape index (κ2) is 12.9. The summed E-state index contributed by atoms with van der Waals surface area (Å²) in [6, 6.07) is 9.33.